The Morgan fingerprint density at radius 2 is 1.59 bits per heavy atom. The third-order valence-electron chi connectivity index (χ3n) is 5.54. The van der Waals surface area contributed by atoms with Crippen LogP contribution in [0.25, 0.3) is 0 Å². The number of piperidine rings is 1. The first kappa shape index (κ1) is 20.9. The Balaban J connectivity index is 1.42. The molecule has 1 aliphatic heterocycles. The highest BCUT2D eigenvalue weighted by Crippen LogP contribution is 2.22. The zero-order chi connectivity index (χ0) is 20.8. The Kier molecular flexibility index (Phi) is 6.91. The van der Waals surface area contributed by atoms with E-state index < -0.39 is 0 Å². The third kappa shape index (κ3) is 5.37. The first-order valence-electron chi connectivity index (χ1n) is 10.3. The summed E-state index contributed by atoms with van der Waals surface area (Å²) in [6, 6.07) is 13.7. The summed E-state index contributed by atoms with van der Waals surface area (Å²) in [6.07, 6.45) is 1.93. The molecule has 1 saturated heterocycles. The summed E-state index contributed by atoms with van der Waals surface area (Å²) in [4.78, 5) is 26.9. The van der Waals surface area contributed by atoms with Crippen LogP contribution in [0.15, 0.2) is 42.5 Å². The van der Waals surface area contributed by atoms with Crippen molar-refractivity contribution < 1.29 is 14.3 Å². The summed E-state index contributed by atoms with van der Waals surface area (Å²) < 4.78 is 5.86. The highest BCUT2D eigenvalue weighted by molar-refractivity contribution is 5.95. The van der Waals surface area contributed by atoms with E-state index in [1.54, 1.807) is 0 Å². The van der Waals surface area contributed by atoms with Crippen molar-refractivity contribution in [2.75, 3.05) is 19.7 Å². The van der Waals surface area contributed by atoms with Gasteiger partial charge in [-0.15, -0.1) is 0 Å². The van der Waals surface area contributed by atoms with Crippen molar-refractivity contribution in [2.45, 2.75) is 46.1 Å². The molecule has 1 N–H and O–H groups in total. The number of carbonyl (C=O) groups is 2. The molecule has 3 rings (SSSR count). The maximum atomic E-state index is 12.5. The van der Waals surface area contributed by atoms with Crippen LogP contribution >= 0.6 is 0 Å². The topological polar surface area (TPSA) is 58.6 Å². The molecule has 0 atom stereocenters. The second-order valence-corrected chi connectivity index (χ2v) is 7.76. The van der Waals surface area contributed by atoms with Crippen molar-refractivity contribution in [2.24, 2.45) is 0 Å². The predicted octanol–water partition coefficient (Wildman–Crippen LogP) is 3.80. The summed E-state index contributed by atoms with van der Waals surface area (Å²) in [6.45, 7) is 7.69. The lowest BCUT2D eigenvalue weighted by molar-refractivity contribution is -0.132. The Hall–Kier alpha value is -2.82. The zero-order valence-corrected chi connectivity index (χ0v) is 17.5. The van der Waals surface area contributed by atoms with E-state index in [1.165, 1.54) is 0 Å². The number of rotatable bonds is 6. The van der Waals surface area contributed by atoms with Crippen molar-refractivity contribution in [1.82, 2.24) is 10.2 Å². The molecule has 0 bridgehead atoms. The van der Waals surface area contributed by atoms with Gasteiger partial charge in [0.05, 0.1) is 13.0 Å². The summed E-state index contributed by atoms with van der Waals surface area (Å²) in [5.74, 6) is 0.952. The van der Waals surface area contributed by atoms with Gasteiger partial charge in [0.2, 0.25) is 5.91 Å². The number of nitrogens with one attached hydrogen (secondary N) is 1. The van der Waals surface area contributed by atoms with Crippen molar-refractivity contribution in [3.8, 4) is 5.75 Å². The van der Waals surface area contributed by atoms with Gasteiger partial charge in [-0.05, 0) is 56.4 Å². The van der Waals surface area contributed by atoms with E-state index >= 15 is 0 Å². The standard InChI is InChI=1S/C24H30N2O3/c1-17-7-4-5-10-21(17)24(28)25-20-11-14-26(15-12-20)22(27)13-16-29-23-18(2)8-6-9-19(23)3/h4-10,20H,11-16H2,1-3H3,(H,25,28). The molecular formula is C24H30N2O3. The molecule has 2 aromatic rings. The lowest BCUT2D eigenvalue weighted by Gasteiger charge is -2.32. The Morgan fingerprint density at radius 3 is 2.24 bits per heavy atom. The molecule has 1 aliphatic rings. The number of carbonyl (C=O) groups excluding carboxylic acids is 2. The van der Waals surface area contributed by atoms with Crippen LogP contribution in [0.5, 0.6) is 5.75 Å². The van der Waals surface area contributed by atoms with Gasteiger partial charge >= 0.3 is 0 Å². The number of ether oxygens (including phenoxy) is 1. The first-order chi connectivity index (χ1) is 14.0. The number of likely N-dealkylation sites (tertiary alicyclic amines) is 1. The van der Waals surface area contributed by atoms with Crippen LogP contribution in [-0.4, -0.2) is 42.5 Å². The molecular weight excluding hydrogens is 364 g/mol. The van der Waals surface area contributed by atoms with Gasteiger partial charge in [-0.1, -0.05) is 36.4 Å². The van der Waals surface area contributed by atoms with Crippen molar-refractivity contribution in [1.29, 1.82) is 0 Å². The molecule has 5 nitrogen and oxygen atoms in total. The molecule has 0 radical (unpaired) electrons. The molecule has 0 aromatic heterocycles. The minimum absolute atomic E-state index is 0.0325. The molecule has 0 aliphatic carbocycles. The fourth-order valence-electron chi connectivity index (χ4n) is 3.79. The Labute approximate surface area is 173 Å². The first-order valence-corrected chi connectivity index (χ1v) is 10.3. The number of aryl methyl sites for hydroxylation is 3. The van der Waals surface area contributed by atoms with E-state index in [0.717, 1.165) is 40.8 Å². The normalized spacial score (nSPS) is 14.5. The van der Waals surface area contributed by atoms with Crippen molar-refractivity contribution in [3.05, 3.63) is 64.7 Å². The second-order valence-electron chi connectivity index (χ2n) is 7.76. The monoisotopic (exact) mass is 394 g/mol. The average molecular weight is 395 g/mol. The molecule has 0 saturated carbocycles. The molecule has 2 aromatic carbocycles. The SMILES string of the molecule is Cc1ccccc1C(=O)NC1CCN(C(=O)CCOc2c(C)cccc2C)CC1. The lowest BCUT2D eigenvalue weighted by atomic mass is 10.0. The van der Waals surface area contributed by atoms with E-state index in [0.29, 0.717) is 26.1 Å². The quantitative estimate of drug-likeness (QED) is 0.811. The number of hydrogen-bond acceptors (Lipinski definition) is 3. The number of nitrogens with zero attached hydrogens (tertiary/aromatic N) is 1. The molecule has 0 unspecified atom stereocenters. The Bertz CT molecular complexity index is 850. The van der Waals surface area contributed by atoms with Crippen molar-refractivity contribution >= 4 is 11.8 Å². The number of hydrogen-bond donors (Lipinski definition) is 1. The molecule has 1 fully saturated rings. The van der Waals surface area contributed by atoms with Crippen molar-refractivity contribution in [3.63, 3.8) is 0 Å². The predicted molar refractivity (Wildman–Crippen MR) is 114 cm³/mol. The Morgan fingerprint density at radius 1 is 0.966 bits per heavy atom. The van der Waals surface area contributed by atoms with Gasteiger partial charge in [-0.25, -0.2) is 0 Å². The fraction of sp³-hybridized carbons (Fsp3) is 0.417. The van der Waals surface area contributed by atoms with Crippen LogP contribution in [0.3, 0.4) is 0 Å². The zero-order valence-electron chi connectivity index (χ0n) is 17.5. The summed E-state index contributed by atoms with van der Waals surface area (Å²) in [5, 5.41) is 3.11. The second kappa shape index (κ2) is 9.59. The van der Waals surface area contributed by atoms with E-state index in [-0.39, 0.29) is 17.9 Å². The van der Waals surface area contributed by atoms with E-state index in [9.17, 15) is 9.59 Å². The van der Waals surface area contributed by atoms with Gasteiger partial charge in [0.1, 0.15) is 5.75 Å². The molecule has 154 valence electrons. The molecule has 29 heavy (non-hydrogen) atoms. The maximum absolute atomic E-state index is 12.5. The third-order valence-corrected chi connectivity index (χ3v) is 5.54. The molecule has 2 amide bonds. The smallest absolute Gasteiger partial charge is 0.251 e. The molecule has 5 heteroatoms. The number of benzene rings is 2. The van der Waals surface area contributed by atoms with Crippen LogP contribution in [0.2, 0.25) is 0 Å². The minimum Gasteiger partial charge on any atom is -0.493 e. The van der Waals surface area contributed by atoms with Gasteiger partial charge in [-0.2, -0.15) is 0 Å². The number of amides is 2. The minimum atomic E-state index is -0.0325. The highest BCUT2D eigenvalue weighted by Gasteiger charge is 2.24. The van der Waals surface area contributed by atoms with Crippen LogP contribution < -0.4 is 10.1 Å². The molecule has 0 spiro atoms. The fourth-order valence-corrected chi connectivity index (χ4v) is 3.79. The van der Waals surface area contributed by atoms with Gasteiger partial charge in [0.25, 0.3) is 5.91 Å². The summed E-state index contributed by atoms with van der Waals surface area (Å²) >= 11 is 0. The van der Waals surface area contributed by atoms with Crippen LogP contribution in [0, 0.1) is 20.8 Å². The van der Waals surface area contributed by atoms with E-state index in [2.05, 4.69) is 5.32 Å². The van der Waals surface area contributed by atoms with Gasteiger partial charge < -0.3 is 15.0 Å². The van der Waals surface area contributed by atoms with Crippen LogP contribution in [0.1, 0.15) is 46.3 Å². The van der Waals surface area contributed by atoms with Gasteiger partial charge in [0.15, 0.2) is 0 Å². The number of para-hydroxylation sites is 1. The summed E-state index contributed by atoms with van der Waals surface area (Å²) in [5.41, 5.74) is 3.86. The highest BCUT2D eigenvalue weighted by atomic mass is 16.5. The van der Waals surface area contributed by atoms with E-state index in [1.807, 2.05) is 68.1 Å². The van der Waals surface area contributed by atoms with Gasteiger partial charge in [-0.3, -0.25) is 9.59 Å². The molecule has 1 heterocycles. The van der Waals surface area contributed by atoms with Gasteiger partial charge in [0, 0.05) is 24.7 Å². The largest absolute Gasteiger partial charge is 0.493 e. The van der Waals surface area contributed by atoms with Crippen LogP contribution in [0.4, 0.5) is 0 Å². The van der Waals surface area contributed by atoms with E-state index in [4.69, 9.17) is 4.74 Å². The lowest BCUT2D eigenvalue weighted by Crippen LogP contribution is -2.46. The maximum Gasteiger partial charge on any atom is 0.251 e. The summed E-state index contributed by atoms with van der Waals surface area (Å²) in [7, 11) is 0. The van der Waals surface area contributed by atoms with Crippen LogP contribution in [-0.2, 0) is 4.79 Å². The average Bonchev–Trinajstić information content (AvgIpc) is 2.71.